The molecule has 0 aromatic carbocycles. The molecular formula is C16H32N2O2. The largest absolute Gasteiger partial charge is 0.375 e. The molecule has 20 heavy (non-hydrogen) atoms. The Hall–Kier alpha value is -0.160. The van der Waals surface area contributed by atoms with Gasteiger partial charge in [-0.05, 0) is 41.0 Å². The number of hydrogen-bond acceptors (Lipinski definition) is 4. The Morgan fingerprint density at radius 3 is 2.15 bits per heavy atom. The van der Waals surface area contributed by atoms with Crippen molar-refractivity contribution in [1.29, 1.82) is 0 Å². The van der Waals surface area contributed by atoms with Crippen LogP contribution in [0.1, 0.15) is 41.0 Å². The van der Waals surface area contributed by atoms with Crippen LogP contribution in [0, 0.1) is 0 Å². The lowest BCUT2D eigenvalue weighted by Crippen LogP contribution is -2.57. The van der Waals surface area contributed by atoms with E-state index in [2.05, 4.69) is 44.4 Å². The number of rotatable bonds is 7. The summed E-state index contributed by atoms with van der Waals surface area (Å²) < 4.78 is 11.9. The quantitative estimate of drug-likeness (QED) is 0.714. The summed E-state index contributed by atoms with van der Waals surface area (Å²) in [6, 6.07) is 1.15. The van der Waals surface area contributed by atoms with E-state index >= 15 is 0 Å². The molecule has 0 aliphatic carbocycles. The Labute approximate surface area is 124 Å². The van der Waals surface area contributed by atoms with Gasteiger partial charge in [-0.3, -0.25) is 9.80 Å². The number of ether oxygens (including phenoxy) is 2. The Morgan fingerprint density at radius 2 is 1.60 bits per heavy atom. The van der Waals surface area contributed by atoms with Crippen molar-refractivity contribution in [2.24, 2.45) is 0 Å². The molecule has 0 radical (unpaired) electrons. The van der Waals surface area contributed by atoms with Crippen LogP contribution in [-0.4, -0.2) is 73.0 Å². The Kier molecular flexibility index (Phi) is 5.84. The molecule has 2 heterocycles. The maximum atomic E-state index is 6.09. The lowest BCUT2D eigenvalue weighted by Gasteiger charge is -2.43. The second-order valence-electron chi connectivity index (χ2n) is 6.94. The predicted molar refractivity (Wildman–Crippen MR) is 82.1 cm³/mol. The fourth-order valence-corrected chi connectivity index (χ4v) is 3.04. The molecule has 0 aromatic rings. The van der Waals surface area contributed by atoms with Gasteiger partial charge in [0.1, 0.15) is 0 Å². The van der Waals surface area contributed by atoms with Crippen LogP contribution in [0.15, 0.2) is 0 Å². The summed E-state index contributed by atoms with van der Waals surface area (Å²) >= 11 is 0. The number of hydrogen-bond donors (Lipinski definition) is 0. The highest BCUT2D eigenvalue weighted by molar-refractivity contribution is 4.85. The Bertz CT molecular complexity index is 290. The van der Waals surface area contributed by atoms with Crippen LogP contribution in [0.5, 0.6) is 0 Å². The van der Waals surface area contributed by atoms with Crippen molar-refractivity contribution in [2.75, 3.05) is 32.8 Å². The summed E-state index contributed by atoms with van der Waals surface area (Å²) in [7, 11) is 0. The van der Waals surface area contributed by atoms with Gasteiger partial charge in [0, 0.05) is 38.3 Å². The van der Waals surface area contributed by atoms with E-state index in [0.717, 1.165) is 26.2 Å². The summed E-state index contributed by atoms with van der Waals surface area (Å²) in [5.41, 5.74) is 0. The van der Waals surface area contributed by atoms with Crippen LogP contribution in [0.25, 0.3) is 0 Å². The Balaban J connectivity index is 1.59. The lowest BCUT2D eigenvalue weighted by molar-refractivity contribution is -0.105. The number of nitrogens with zero attached hydrogens (tertiary/aromatic N) is 2. The van der Waals surface area contributed by atoms with Gasteiger partial charge in [-0.2, -0.15) is 0 Å². The summed E-state index contributed by atoms with van der Waals surface area (Å²) in [5.74, 6) is 0. The molecule has 4 heteroatoms. The van der Waals surface area contributed by atoms with Crippen molar-refractivity contribution in [3.63, 3.8) is 0 Å². The van der Waals surface area contributed by atoms with E-state index in [9.17, 15) is 0 Å². The summed E-state index contributed by atoms with van der Waals surface area (Å²) in [6.07, 6.45) is 2.39. The molecule has 2 atom stereocenters. The maximum absolute atomic E-state index is 6.09. The van der Waals surface area contributed by atoms with Gasteiger partial charge < -0.3 is 9.47 Å². The summed E-state index contributed by atoms with van der Waals surface area (Å²) in [4.78, 5) is 4.97. The molecule has 2 aliphatic heterocycles. The highest BCUT2D eigenvalue weighted by atomic mass is 16.5. The minimum Gasteiger partial charge on any atom is -0.375 e. The molecular weight excluding hydrogens is 252 g/mol. The summed E-state index contributed by atoms with van der Waals surface area (Å²) in [6.45, 7) is 16.3. The molecule has 0 spiro atoms. The molecule has 0 bridgehead atoms. The van der Waals surface area contributed by atoms with E-state index in [1.165, 1.54) is 13.0 Å². The van der Waals surface area contributed by atoms with E-state index in [-0.39, 0.29) is 0 Å². The minimum atomic E-state index is 0.342. The van der Waals surface area contributed by atoms with Gasteiger partial charge in [0.15, 0.2) is 0 Å². The molecule has 0 saturated carbocycles. The monoisotopic (exact) mass is 284 g/mol. The van der Waals surface area contributed by atoms with E-state index < -0.39 is 0 Å². The van der Waals surface area contributed by atoms with Gasteiger partial charge in [0.05, 0.1) is 24.9 Å². The third kappa shape index (κ3) is 4.42. The normalized spacial score (nSPS) is 27.4. The van der Waals surface area contributed by atoms with Gasteiger partial charge in [-0.1, -0.05) is 0 Å². The van der Waals surface area contributed by atoms with Gasteiger partial charge in [-0.15, -0.1) is 0 Å². The van der Waals surface area contributed by atoms with Crippen LogP contribution in [0.2, 0.25) is 0 Å². The van der Waals surface area contributed by atoms with Gasteiger partial charge in [0.25, 0.3) is 0 Å². The molecule has 4 nitrogen and oxygen atoms in total. The zero-order valence-corrected chi connectivity index (χ0v) is 13.8. The zero-order valence-electron chi connectivity index (χ0n) is 13.8. The molecule has 2 rings (SSSR count). The van der Waals surface area contributed by atoms with Crippen molar-refractivity contribution < 1.29 is 9.47 Å². The van der Waals surface area contributed by atoms with E-state index in [0.29, 0.717) is 30.4 Å². The molecule has 2 unspecified atom stereocenters. The van der Waals surface area contributed by atoms with Crippen molar-refractivity contribution in [2.45, 2.75) is 71.4 Å². The highest BCUT2D eigenvalue weighted by Gasteiger charge is 2.32. The van der Waals surface area contributed by atoms with Crippen LogP contribution < -0.4 is 0 Å². The van der Waals surface area contributed by atoms with E-state index in [1.807, 2.05) is 0 Å². The van der Waals surface area contributed by atoms with Crippen molar-refractivity contribution in [1.82, 2.24) is 9.80 Å². The average Bonchev–Trinajstić information content (AvgIpc) is 2.79. The number of likely N-dealkylation sites (tertiary alicyclic amines) is 2. The molecule has 2 aliphatic rings. The zero-order chi connectivity index (χ0) is 14.7. The molecule has 2 fully saturated rings. The van der Waals surface area contributed by atoms with Gasteiger partial charge >= 0.3 is 0 Å². The summed E-state index contributed by atoms with van der Waals surface area (Å²) in [5, 5.41) is 0. The predicted octanol–water partition coefficient (Wildman–Crippen LogP) is 1.98. The molecule has 0 amide bonds. The topological polar surface area (TPSA) is 24.9 Å². The third-order valence-electron chi connectivity index (χ3n) is 4.44. The molecule has 0 aromatic heterocycles. The van der Waals surface area contributed by atoms with E-state index in [4.69, 9.17) is 9.47 Å². The second-order valence-corrected chi connectivity index (χ2v) is 6.94. The van der Waals surface area contributed by atoms with Gasteiger partial charge in [0.2, 0.25) is 0 Å². The lowest BCUT2D eigenvalue weighted by atomic mass is 10.1. The first-order chi connectivity index (χ1) is 9.45. The Morgan fingerprint density at radius 1 is 0.950 bits per heavy atom. The average molecular weight is 284 g/mol. The van der Waals surface area contributed by atoms with Gasteiger partial charge in [-0.25, -0.2) is 0 Å². The minimum absolute atomic E-state index is 0.342. The van der Waals surface area contributed by atoms with Crippen molar-refractivity contribution in [3.05, 3.63) is 0 Å². The SMILES string of the molecule is CC(C)OC1CN(C(C)COC2CCN(C(C)C)C2)C1. The fraction of sp³-hybridized carbons (Fsp3) is 1.00. The smallest absolute Gasteiger partial charge is 0.0832 e. The van der Waals surface area contributed by atoms with Crippen LogP contribution >= 0.6 is 0 Å². The third-order valence-corrected chi connectivity index (χ3v) is 4.44. The first kappa shape index (κ1) is 16.2. The standard InChI is InChI=1S/C16H32N2O2/c1-12(2)17-7-6-15(8-17)19-11-14(5)18-9-16(10-18)20-13(3)4/h12-16H,6-11H2,1-5H3. The maximum Gasteiger partial charge on any atom is 0.0832 e. The van der Waals surface area contributed by atoms with Crippen LogP contribution in [0.4, 0.5) is 0 Å². The second kappa shape index (κ2) is 7.21. The first-order valence-corrected chi connectivity index (χ1v) is 8.21. The molecule has 2 saturated heterocycles. The van der Waals surface area contributed by atoms with Crippen molar-refractivity contribution in [3.8, 4) is 0 Å². The highest BCUT2D eigenvalue weighted by Crippen LogP contribution is 2.19. The van der Waals surface area contributed by atoms with E-state index in [1.54, 1.807) is 0 Å². The van der Waals surface area contributed by atoms with Crippen LogP contribution in [0.3, 0.4) is 0 Å². The van der Waals surface area contributed by atoms with Crippen molar-refractivity contribution >= 4 is 0 Å². The van der Waals surface area contributed by atoms with Crippen LogP contribution in [-0.2, 0) is 9.47 Å². The molecule has 118 valence electrons. The fourth-order valence-electron chi connectivity index (χ4n) is 3.04. The molecule has 0 N–H and O–H groups in total. The first-order valence-electron chi connectivity index (χ1n) is 8.21.